The largest absolute Gasteiger partial charge is 0.375 e. The van der Waals surface area contributed by atoms with Gasteiger partial charge in [0.1, 0.15) is 0 Å². The molecule has 2 aromatic rings. The fourth-order valence-electron chi connectivity index (χ4n) is 2.11. The molecule has 0 fully saturated rings. The third-order valence-electron chi connectivity index (χ3n) is 3.41. The zero-order chi connectivity index (χ0) is 14.4. The molecule has 1 aromatic carbocycles. The Kier molecular flexibility index (Phi) is 5.86. The van der Waals surface area contributed by atoms with Crippen molar-refractivity contribution in [2.45, 2.75) is 32.1 Å². The number of benzene rings is 1. The summed E-state index contributed by atoms with van der Waals surface area (Å²) >= 11 is 7.48. The number of alkyl halides is 1. The molecule has 0 saturated heterocycles. The average Bonchev–Trinajstić information content (AvgIpc) is 2.95. The van der Waals surface area contributed by atoms with Gasteiger partial charge in [0.25, 0.3) is 0 Å². The monoisotopic (exact) mass is 308 g/mol. The van der Waals surface area contributed by atoms with E-state index in [1.807, 2.05) is 0 Å². The number of aromatic nitrogens is 1. The highest BCUT2D eigenvalue weighted by Crippen LogP contribution is 2.16. The van der Waals surface area contributed by atoms with Crippen molar-refractivity contribution in [1.29, 1.82) is 0 Å². The van der Waals surface area contributed by atoms with Gasteiger partial charge in [0.05, 0.1) is 16.6 Å². The van der Waals surface area contributed by atoms with Gasteiger partial charge in [-0.2, -0.15) is 0 Å². The number of halogens is 1. The maximum absolute atomic E-state index is 5.77. The summed E-state index contributed by atoms with van der Waals surface area (Å²) in [5, 5.41) is 3.24. The average molecular weight is 309 g/mol. The van der Waals surface area contributed by atoms with Crippen molar-refractivity contribution in [1.82, 2.24) is 4.98 Å². The SMILES string of the molecule is CCc1ccc(N(C)CCCc2nc(CCl)cs2)cc1. The summed E-state index contributed by atoms with van der Waals surface area (Å²) in [4.78, 5) is 6.79. The van der Waals surface area contributed by atoms with Gasteiger partial charge < -0.3 is 4.90 Å². The molecule has 4 heteroatoms. The van der Waals surface area contributed by atoms with Crippen LogP contribution in [0.2, 0.25) is 0 Å². The standard InChI is InChI=1S/C16H21ClN2S/c1-3-13-6-8-15(9-7-13)19(2)10-4-5-16-18-14(11-17)12-20-16/h6-9,12H,3-5,10-11H2,1-2H3. The first-order valence-electron chi connectivity index (χ1n) is 7.02. The van der Waals surface area contributed by atoms with E-state index in [2.05, 4.69) is 53.5 Å². The second-order valence-corrected chi connectivity index (χ2v) is 6.12. The fourth-order valence-corrected chi connectivity index (χ4v) is 3.18. The van der Waals surface area contributed by atoms with Crippen LogP contribution in [0.1, 0.15) is 29.6 Å². The summed E-state index contributed by atoms with van der Waals surface area (Å²) in [5.74, 6) is 0.514. The van der Waals surface area contributed by atoms with Gasteiger partial charge in [0.15, 0.2) is 0 Å². The molecule has 2 rings (SSSR count). The van der Waals surface area contributed by atoms with E-state index in [-0.39, 0.29) is 0 Å². The van der Waals surface area contributed by atoms with Crippen LogP contribution in [0.5, 0.6) is 0 Å². The predicted molar refractivity (Wildman–Crippen MR) is 89.1 cm³/mol. The van der Waals surface area contributed by atoms with E-state index < -0.39 is 0 Å². The zero-order valence-corrected chi connectivity index (χ0v) is 13.7. The molecule has 0 atom stereocenters. The molecule has 0 saturated carbocycles. The number of thiazole rings is 1. The third kappa shape index (κ3) is 4.22. The quantitative estimate of drug-likeness (QED) is 0.699. The second kappa shape index (κ2) is 7.65. The van der Waals surface area contributed by atoms with Gasteiger partial charge in [0, 0.05) is 31.1 Å². The van der Waals surface area contributed by atoms with Gasteiger partial charge in [0.2, 0.25) is 0 Å². The van der Waals surface area contributed by atoms with Crippen molar-refractivity contribution in [3.05, 3.63) is 45.9 Å². The Morgan fingerprint density at radius 3 is 2.60 bits per heavy atom. The van der Waals surface area contributed by atoms with Crippen LogP contribution < -0.4 is 4.90 Å². The van der Waals surface area contributed by atoms with Crippen molar-refractivity contribution < 1.29 is 0 Å². The van der Waals surface area contributed by atoms with Crippen molar-refractivity contribution in [3.63, 3.8) is 0 Å². The summed E-state index contributed by atoms with van der Waals surface area (Å²) in [6, 6.07) is 8.82. The predicted octanol–water partition coefficient (Wildman–Crippen LogP) is 4.51. The molecule has 108 valence electrons. The minimum atomic E-state index is 0.514. The normalized spacial score (nSPS) is 10.8. The zero-order valence-electron chi connectivity index (χ0n) is 12.1. The first-order chi connectivity index (χ1) is 9.72. The van der Waals surface area contributed by atoms with E-state index in [0.29, 0.717) is 5.88 Å². The highest BCUT2D eigenvalue weighted by molar-refractivity contribution is 7.09. The lowest BCUT2D eigenvalue weighted by Crippen LogP contribution is -2.18. The van der Waals surface area contributed by atoms with Crippen LogP contribution >= 0.6 is 22.9 Å². The summed E-state index contributed by atoms with van der Waals surface area (Å²) in [6.45, 7) is 3.23. The van der Waals surface area contributed by atoms with Gasteiger partial charge >= 0.3 is 0 Å². The molecule has 0 unspecified atom stereocenters. The molecule has 0 radical (unpaired) electrons. The summed E-state index contributed by atoms with van der Waals surface area (Å²) in [5.41, 5.74) is 3.66. The number of hydrogen-bond acceptors (Lipinski definition) is 3. The summed E-state index contributed by atoms with van der Waals surface area (Å²) in [7, 11) is 2.15. The molecule has 0 bridgehead atoms. The van der Waals surface area contributed by atoms with Gasteiger partial charge in [-0.1, -0.05) is 19.1 Å². The van der Waals surface area contributed by atoms with E-state index in [9.17, 15) is 0 Å². The van der Waals surface area contributed by atoms with Crippen molar-refractivity contribution in [3.8, 4) is 0 Å². The Morgan fingerprint density at radius 2 is 2.00 bits per heavy atom. The van der Waals surface area contributed by atoms with Crippen molar-refractivity contribution >= 4 is 28.6 Å². The van der Waals surface area contributed by atoms with Crippen LogP contribution in [-0.2, 0) is 18.7 Å². The number of rotatable bonds is 7. The second-order valence-electron chi connectivity index (χ2n) is 4.91. The highest BCUT2D eigenvalue weighted by atomic mass is 35.5. The third-order valence-corrected chi connectivity index (χ3v) is 4.64. The molecule has 0 aliphatic heterocycles. The fraction of sp³-hybridized carbons (Fsp3) is 0.438. The van der Waals surface area contributed by atoms with Gasteiger partial charge in [-0.15, -0.1) is 22.9 Å². The Labute approximate surface area is 130 Å². The van der Waals surface area contributed by atoms with Gasteiger partial charge in [-0.05, 0) is 30.5 Å². The number of aryl methyl sites for hydroxylation is 2. The van der Waals surface area contributed by atoms with Crippen molar-refractivity contribution in [2.75, 3.05) is 18.5 Å². The molecule has 0 N–H and O–H groups in total. The molecular weight excluding hydrogens is 288 g/mol. The molecule has 1 heterocycles. The van der Waals surface area contributed by atoms with E-state index in [1.54, 1.807) is 11.3 Å². The van der Waals surface area contributed by atoms with Crippen LogP contribution in [0, 0.1) is 0 Å². The van der Waals surface area contributed by atoms with Crippen LogP contribution in [0.4, 0.5) is 5.69 Å². The number of nitrogens with zero attached hydrogens (tertiary/aromatic N) is 2. The smallest absolute Gasteiger partial charge is 0.0929 e. The molecule has 2 nitrogen and oxygen atoms in total. The number of anilines is 1. The molecule has 1 aromatic heterocycles. The molecule has 0 spiro atoms. The Hall–Kier alpha value is -1.06. The molecule has 20 heavy (non-hydrogen) atoms. The Bertz CT molecular complexity index is 522. The Balaban J connectivity index is 1.80. The van der Waals surface area contributed by atoms with E-state index >= 15 is 0 Å². The molecular formula is C16H21ClN2S. The minimum Gasteiger partial charge on any atom is -0.375 e. The van der Waals surface area contributed by atoms with Gasteiger partial charge in [-0.3, -0.25) is 0 Å². The van der Waals surface area contributed by atoms with Crippen LogP contribution in [-0.4, -0.2) is 18.6 Å². The highest BCUT2D eigenvalue weighted by Gasteiger charge is 2.04. The first-order valence-corrected chi connectivity index (χ1v) is 8.43. The first kappa shape index (κ1) is 15.3. The summed E-state index contributed by atoms with van der Waals surface area (Å²) < 4.78 is 0. The topological polar surface area (TPSA) is 16.1 Å². The maximum atomic E-state index is 5.77. The molecule has 0 aliphatic rings. The minimum absolute atomic E-state index is 0.514. The van der Waals surface area contributed by atoms with Crippen LogP contribution in [0.15, 0.2) is 29.6 Å². The molecule has 0 aliphatic carbocycles. The van der Waals surface area contributed by atoms with E-state index in [4.69, 9.17) is 11.6 Å². The Morgan fingerprint density at radius 1 is 1.25 bits per heavy atom. The molecule has 0 amide bonds. The van der Waals surface area contributed by atoms with Crippen molar-refractivity contribution in [2.24, 2.45) is 0 Å². The summed E-state index contributed by atoms with van der Waals surface area (Å²) in [6.07, 6.45) is 3.23. The van der Waals surface area contributed by atoms with E-state index in [0.717, 1.165) is 31.5 Å². The van der Waals surface area contributed by atoms with Gasteiger partial charge in [-0.25, -0.2) is 4.98 Å². The van der Waals surface area contributed by atoms with E-state index in [1.165, 1.54) is 16.3 Å². The lowest BCUT2D eigenvalue weighted by molar-refractivity contribution is 0.780. The van der Waals surface area contributed by atoms with Crippen LogP contribution in [0.3, 0.4) is 0 Å². The number of hydrogen-bond donors (Lipinski definition) is 0. The maximum Gasteiger partial charge on any atom is 0.0929 e. The van der Waals surface area contributed by atoms with Crippen LogP contribution in [0.25, 0.3) is 0 Å². The lowest BCUT2D eigenvalue weighted by atomic mass is 10.1. The lowest BCUT2D eigenvalue weighted by Gasteiger charge is -2.19.